The van der Waals surface area contributed by atoms with Crippen molar-refractivity contribution in [2.75, 3.05) is 6.61 Å². The number of oxazole rings is 1. The molecule has 76 valence electrons. The van der Waals surface area contributed by atoms with Gasteiger partial charge in [-0.1, -0.05) is 6.92 Å². The first-order valence-electron chi connectivity index (χ1n) is 4.49. The summed E-state index contributed by atoms with van der Waals surface area (Å²) in [5, 5.41) is 8.64. The van der Waals surface area contributed by atoms with Crippen LogP contribution in [0.1, 0.15) is 35.8 Å². The quantitative estimate of drug-likeness (QED) is 0.777. The average molecular weight is 197 g/mol. The normalized spacial score (nSPS) is 26.6. The van der Waals surface area contributed by atoms with Gasteiger partial charge in [0.1, 0.15) is 12.4 Å². The van der Waals surface area contributed by atoms with Crippen LogP contribution in [0.4, 0.5) is 0 Å². The van der Waals surface area contributed by atoms with E-state index in [-0.39, 0.29) is 11.8 Å². The van der Waals surface area contributed by atoms with E-state index >= 15 is 0 Å². The van der Waals surface area contributed by atoms with Gasteiger partial charge in [0.15, 0.2) is 5.69 Å². The Balaban J connectivity index is 2.20. The number of carboxylic acids is 1. The van der Waals surface area contributed by atoms with Gasteiger partial charge in [-0.25, -0.2) is 9.78 Å². The van der Waals surface area contributed by atoms with Crippen LogP contribution in [0, 0.1) is 5.92 Å². The van der Waals surface area contributed by atoms with Crippen molar-refractivity contribution in [1.82, 2.24) is 4.98 Å². The lowest BCUT2D eigenvalue weighted by Gasteiger charge is -2.08. The summed E-state index contributed by atoms with van der Waals surface area (Å²) in [4.78, 5) is 14.4. The summed E-state index contributed by atoms with van der Waals surface area (Å²) in [5.41, 5.74) is -0.0669. The van der Waals surface area contributed by atoms with Crippen molar-refractivity contribution in [1.29, 1.82) is 0 Å². The molecule has 0 spiro atoms. The molecular weight excluding hydrogens is 186 g/mol. The Morgan fingerprint density at radius 1 is 1.71 bits per heavy atom. The van der Waals surface area contributed by atoms with Crippen LogP contribution in [0.3, 0.4) is 0 Å². The Labute approximate surface area is 80.7 Å². The van der Waals surface area contributed by atoms with Crippen LogP contribution < -0.4 is 0 Å². The molecule has 1 saturated heterocycles. The number of ether oxygens (including phenoxy) is 1. The van der Waals surface area contributed by atoms with Gasteiger partial charge in [-0.3, -0.25) is 0 Å². The van der Waals surface area contributed by atoms with Gasteiger partial charge in [0.2, 0.25) is 5.89 Å². The van der Waals surface area contributed by atoms with Gasteiger partial charge in [0, 0.05) is 6.61 Å². The molecule has 2 unspecified atom stereocenters. The van der Waals surface area contributed by atoms with Crippen molar-refractivity contribution in [3.8, 4) is 0 Å². The van der Waals surface area contributed by atoms with Crippen LogP contribution in [-0.2, 0) is 4.74 Å². The van der Waals surface area contributed by atoms with E-state index in [1.165, 1.54) is 0 Å². The van der Waals surface area contributed by atoms with Crippen molar-refractivity contribution in [3.05, 3.63) is 17.8 Å². The van der Waals surface area contributed by atoms with Crippen LogP contribution in [0.25, 0.3) is 0 Å². The largest absolute Gasteiger partial charge is 0.476 e. The summed E-state index contributed by atoms with van der Waals surface area (Å²) < 4.78 is 10.5. The molecule has 0 bridgehead atoms. The van der Waals surface area contributed by atoms with E-state index in [4.69, 9.17) is 14.3 Å². The topological polar surface area (TPSA) is 72.6 Å². The molecule has 1 aliphatic heterocycles. The van der Waals surface area contributed by atoms with Gasteiger partial charge in [-0.05, 0) is 12.3 Å². The number of hydrogen-bond donors (Lipinski definition) is 1. The lowest BCUT2D eigenvalue weighted by molar-refractivity contribution is 0.0684. The second-order valence-electron chi connectivity index (χ2n) is 3.43. The summed E-state index contributed by atoms with van der Waals surface area (Å²) >= 11 is 0. The summed E-state index contributed by atoms with van der Waals surface area (Å²) in [6.45, 7) is 2.71. The molecule has 2 rings (SSSR count). The lowest BCUT2D eigenvalue weighted by atomic mass is 10.0. The number of nitrogens with zero attached hydrogens (tertiary/aromatic N) is 1. The molecule has 0 aromatic carbocycles. The number of rotatable bonds is 2. The van der Waals surface area contributed by atoms with E-state index < -0.39 is 5.97 Å². The van der Waals surface area contributed by atoms with Gasteiger partial charge in [-0.15, -0.1) is 0 Å². The summed E-state index contributed by atoms with van der Waals surface area (Å²) in [5.74, 6) is -0.381. The van der Waals surface area contributed by atoms with Gasteiger partial charge >= 0.3 is 5.97 Å². The summed E-state index contributed by atoms with van der Waals surface area (Å²) in [6.07, 6.45) is 1.91. The molecule has 0 saturated carbocycles. The first-order valence-corrected chi connectivity index (χ1v) is 4.49. The molecule has 5 nitrogen and oxygen atoms in total. The van der Waals surface area contributed by atoms with Crippen LogP contribution in [0.5, 0.6) is 0 Å². The minimum absolute atomic E-state index is 0.0669. The first kappa shape index (κ1) is 9.21. The standard InChI is InChI=1S/C9H11NO4/c1-5-2-3-13-7(5)8-10-6(4-14-8)9(11)12/h4-5,7H,2-3H2,1H3,(H,11,12). The smallest absolute Gasteiger partial charge is 0.357 e. The molecule has 0 amide bonds. The zero-order chi connectivity index (χ0) is 10.1. The maximum absolute atomic E-state index is 10.5. The van der Waals surface area contributed by atoms with Crippen molar-refractivity contribution in [2.24, 2.45) is 5.92 Å². The molecule has 1 aromatic heterocycles. The number of aromatic carboxylic acids is 1. The first-order chi connectivity index (χ1) is 6.68. The zero-order valence-electron chi connectivity index (χ0n) is 7.77. The van der Waals surface area contributed by atoms with E-state index in [1.54, 1.807) is 0 Å². The third-order valence-electron chi connectivity index (χ3n) is 2.37. The fraction of sp³-hybridized carbons (Fsp3) is 0.556. The Hall–Kier alpha value is -1.36. The molecular formula is C9H11NO4. The van der Waals surface area contributed by atoms with E-state index in [0.717, 1.165) is 12.7 Å². The molecule has 1 fully saturated rings. The third kappa shape index (κ3) is 1.50. The number of carbonyl (C=O) groups is 1. The Bertz CT molecular complexity index is 346. The van der Waals surface area contributed by atoms with Crippen molar-refractivity contribution >= 4 is 5.97 Å². The highest BCUT2D eigenvalue weighted by Crippen LogP contribution is 2.33. The molecule has 5 heteroatoms. The minimum Gasteiger partial charge on any atom is -0.476 e. The molecule has 0 aliphatic carbocycles. The molecule has 14 heavy (non-hydrogen) atoms. The molecule has 1 aromatic rings. The van der Waals surface area contributed by atoms with E-state index in [1.807, 2.05) is 6.92 Å². The number of aromatic nitrogens is 1. The zero-order valence-corrected chi connectivity index (χ0v) is 7.77. The predicted octanol–water partition coefficient (Wildman–Crippen LogP) is 1.47. The van der Waals surface area contributed by atoms with E-state index in [2.05, 4.69) is 4.98 Å². The van der Waals surface area contributed by atoms with Crippen molar-refractivity contribution < 1.29 is 19.1 Å². The van der Waals surface area contributed by atoms with Gasteiger partial charge < -0.3 is 14.3 Å². The van der Waals surface area contributed by atoms with Crippen molar-refractivity contribution in [3.63, 3.8) is 0 Å². The fourth-order valence-electron chi connectivity index (χ4n) is 1.53. The van der Waals surface area contributed by atoms with Gasteiger partial charge in [-0.2, -0.15) is 0 Å². The molecule has 0 radical (unpaired) electrons. The lowest BCUT2D eigenvalue weighted by Crippen LogP contribution is -2.05. The second kappa shape index (κ2) is 3.42. The van der Waals surface area contributed by atoms with Crippen LogP contribution in [-0.4, -0.2) is 22.7 Å². The molecule has 2 heterocycles. The van der Waals surface area contributed by atoms with E-state index in [0.29, 0.717) is 18.4 Å². The highest BCUT2D eigenvalue weighted by molar-refractivity contribution is 5.84. The van der Waals surface area contributed by atoms with E-state index in [9.17, 15) is 4.79 Å². The minimum atomic E-state index is -1.08. The fourth-order valence-corrected chi connectivity index (χ4v) is 1.53. The Morgan fingerprint density at radius 2 is 2.50 bits per heavy atom. The number of hydrogen-bond acceptors (Lipinski definition) is 4. The number of carboxylic acid groups (broad SMARTS) is 1. The summed E-state index contributed by atoms with van der Waals surface area (Å²) in [6, 6.07) is 0. The monoisotopic (exact) mass is 197 g/mol. The second-order valence-corrected chi connectivity index (χ2v) is 3.43. The van der Waals surface area contributed by atoms with Crippen LogP contribution in [0.15, 0.2) is 10.7 Å². The highest BCUT2D eigenvalue weighted by Gasteiger charge is 2.30. The van der Waals surface area contributed by atoms with Crippen molar-refractivity contribution in [2.45, 2.75) is 19.4 Å². The highest BCUT2D eigenvalue weighted by atomic mass is 16.5. The van der Waals surface area contributed by atoms with Crippen LogP contribution in [0.2, 0.25) is 0 Å². The van der Waals surface area contributed by atoms with Gasteiger partial charge in [0.25, 0.3) is 0 Å². The third-order valence-corrected chi connectivity index (χ3v) is 2.37. The predicted molar refractivity (Wildman–Crippen MR) is 45.9 cm³/mol. The summed E-state index contributed by atoms with van der Waals surface area (Å²) in [7, 11) is 0. The Kier molecular flexibility index (Phi) is 2.25. The maximum atomic E-state index is 10.5. The Morgan fingerprint density at radius 3 is 3.00 bits per heavy atom. The molecule has 1 N–H and O–H groups in total. The van der Waals surface area contributed by atoms with Gasteiger partial charge in [0.05, 0.1) is 0 Å². The van der Waals surface area contributed by atoms with Crippen LogP contribution >= 0.6 is 0 Å². The maximum Gasteiger partial charge on any atom is 0.357 e. The molecule has 1 aliphatic rings. The molecule has 2 atom stereocenters. The average Bonchev–Trinajstić information content (AvgIpc) is 2.71. The SMILES string of the molecule is CC1CCOC1c1nc(C(=O)O)co1.